The van der Waals surface area contributed by atoms with Gasteiger partial charge in [0.05, 0.1) is 11.8 Å². The molecule has 3 rings (SSSR count). The molecule has 3 aliphatic rings. The molecule has 0 spiro atoms. The number of fused-ring (bicyclic) bond motifs is 5. The molecule has 2 fully saturated rings. The van der Waals surface area contributed by atoms with E-state index in [1.54, 1.807) is 18.7 Å². The molecule has 2 amide bonds. The number of allylic oxidation sites excluding steroid dienone is 2. The van der Waals surface area contributed by atoms with Crippen molar-refractivity contribution >= 4 is 18.2 Å². The Labute approximate surface area is 99.3 Å². The molecule has 2 bridgehead atoms. The van der Waals surface area contributed by atoms with Crippen LogP contribution in [0.5, 0.6) is 0 Å². The van der Waals surface area contributed by atoms with Crippen molar-refractivity contribution in [1.29, 1.82) is 0 Å². The highest BCUT2D eigenvalue weighted by Gasteiger charge is 2.60. The maximum Gasteiger partial charge on any atom is 0.349 e. The van der Waals surface area contributed by atoms with Gasteiger partial charge in [-0.3, -0.25) is 9.59 Å². The lowest BCUT2D eigenvalue weighted by Crippen LogP contribution is -2.33. The average molecular weight is 235 g/mol. The van der Waals surface area contributed by atoms with Crippen molar-refractivity contribution in [3.05, 3.63) is 12.2 Å². The number of rotatable bonds is 2. The standard InChI is InChI=1S/C12H15N2O3/c1-13(2)6-17-14-11(15)9-7-3-4-8(5-7)10(9)12(14)16/h3-4,6-10H,5H2,1-2H3/q+1. The fourth-order valence-electron chi connectivity index (χ4n) is 3.12. The second-order valence-electron chi connectivity index (χ2n) is 5.15. The minimum atomic E-state index is -0.187. The van der Waals surface area contributed by atoms with E-state index in [-0.39, 0.29) is 35.5 Å². The maximum atomic E-state index is 12.1. The van der Waals surface area contributed by atoms with Crippen LogP contribution in [0.1, 0.15) is 6.42 Å². The minimum Gasteiger partial charge on any atom is -0.312 e. The normalized spacial score (nSPS) is 37.6. The summed E-state index contributed by atoms with van der Waals surface area (Å²) in [7, 11) is 3.55. The number of nitrogens with zero attached hydrogens (tertiary/aromatic N) is 2. The van der Waals surface area contributed by atoms with E-state index >= 15 is 0 Å². The predicted molar refractivity (Wildman–Crippen MR) is 58.8 cm³/mol. The van der Waals surface area contributed by atoms with Crippen molar-refractivity contribution < 1.29 is 19.0 Å². The summed E-state index contributed by atoms with van der Waals surface area (Å²) in [4.78, 5) is 29.4. The van der Waals surface area contributed by atoms with Crippen LogP contribution in [-0.4, -0.2) is 41.9 Å². The first-order valence-electron chi connectivity index (χ1n) is 5.82. The highest BCUT2D eigenvalue weighted by molar-refractivity contribution is 6.05. The second kappa shape index (κ2) is 3.42. The minimum absolute atomic E-state index is 0.185. The lowest BCUT2D eigenvalue weighted by atomic mass is 9.85. The Morgan fingerprint density at radius 2 is 1.76 bits per heavy atom. The topological polar surface area (TPSA) is 49.6 Å². The van der Waals surface area contributed by atoms with E-state index in [1.807, 2.05) is 0 Å². The molecule has 0 aromatic carbocycles. The SMILES string of the molecule is C[N+](C)=CON1C(=O)C2C3C=CC(C3)C2C1=O. The first-order valence-corrected chi connectivity index (χ1v) is 5.82. The zero-order valence-corrected chi connectivity index (χ0v) is 9.87. The van der Waals surface area contributed by atoms with Crippen LogP contribution in [0.15, 0.2) is 12.2 Å². The summed E-state index contributed by atoms with van der Waals surface area (Å²) >= 11 is 0. The molecular weight excluding hydrogens is 220 g/mol. The number of carbonyl (C=O) groups is 2. The number of hydrogen-bond acceptors (Lipinski definition) is 3. The monoisotopic (exact) mass is 235 g/mol. The average Bonchev–Trinajstić information content (AvgIpc) is 2.92. The van der Waals surface area contributed by atoms with Crippen LogP contribution in [0.4, 0.5) is 0 Å². The largest absolute Gasteiger partial charge is 0.349 e. The fourth-order valence-corrected chi connectivity index (χ4v) is 3.12. The fraction of sp³-hybridized carbons (Fsp3) is 0.583. The van der Waals surface area contributed by atoms with Crippen molar-refractivity contribution in [1.82, 2.24) is 5.06 Å². The maximum absolute atomic E-state index is 12.1. The summed E-state index contributed by atoms with van der Waals surface area (Å²) in [5, 5.41) is 0.932. The number of carbonyl (C=O) groups excluding carboxylic acids is 2. The third-order valence-corrected chi connectivity index (χ3v) is 3.79. The molecule has 5 nitrogen and oxygen atoms in total. The van der Waals surface area contributed by atoms with Crippen LogP contribution in [-0.2, 0) is 14.4 Å². The first-order chi connectivity index (χ1) is 8.09. The van der Waals surface area contributed by atoms with Gasteiger partial charge in [0, 0.05) is 0 Å². The highest BCUT2D eigenvalue weighted by atomic mass is 16.7. The van der Waals surface area contributed by atoms with Crippen molar-refractivity contribution in [2.75, 3.05) is 14.1 Å². The summed E-state index contributed by atoms with van der Waals surface area (Å²) < 4.78 is 1.65. The lowest BCUT2D eigenvalue weighted by Gasteiger charge is -2.13. The molecule has 1 aliphatic heterocycles. The Bertz CT molecular complexity index is 421. The van der Waals surface area contributed by atoms with Gasteiger partial charge in [-0.2, -0.15) is 0 Å². The molecule has 0 radical (unpaired) electrons. The van der Waals surface area contributed by atoms with E-state index in [1.165, 1.54) is 6.40 Å². The Morgan fingerprint density at radius 1 is 1.24 bits per heavy atom. The van der Waals surface area contributed by atoms with Crippen LogP contribution in [0, 0.1) is 23.7 Å². The highest BCUT2D eigenvalue weighted by Crippen LogP contribution is 2.52. The number of imide groups is 1. The number of hydroxylamine groups is 2. The molecule has 4 unspecified atom stereocenters. The molecular formula is C12H15N2O3+. The molecule has 1 saturated heterocycles. The molecule has 4 atom stereocenters. The van der Waals surface area contributed by atoms with Gasteiger partial charge in [0.25, 0.3) is 11.8 Å². The van der Waals surface area contributed by atoms with Crippen LogP contribution < -0.4 is 0 Å². The first kappa shape index (κ1) is 10.5. The molecule has 5 heteroatoms. The van der Waals surface area contributed by atoms with E-state index in [0.717, 1.165) is 11.5 Å². The Morgan fingerprint density at radius 3 is 2.24 bits per heavy atom. The van der Waals surface area contributed by atoms with Gasteiger partial charge in [0.15, 0.2) is 0 Å². The van der Waals surface area contributed by atoms with Crippen LogP contribution >= 0.6 is 0 Å². The van der Waals surface area contributed by atoms with Crippen molar-refractivity contribution in [2.24, 2.45) is 23.7 Å². The lowest BCUT2D eigenvalue weighted by molar-refractivity contribution is -0.471. The molecule has 0 aromatic heterocycles. The van der Waals surface area contributed by atoms with Crippen LogP contribution in [0.2, 0.25) is 0 Å². The van der Waals surface area contributed by atoms with Gasteiger partial charge in [-0.1, -0.05) is 12.2 Å². The van der Waals surface area contributed by atoms with Crippen LogP contribution in [0.3, 0.4) is 0 Å². The van der Waals surface area contributed by atoms with Crippen LogP contribution in [0.25, 0.3) is 0 Å². The Balaban J connectivity index is 1.85. The number of amides is 2. The van der Waals surface area contributed by atoms with E-state index in [9.17, 15) is 9.59 Å². The van der Waals surface area contributed by atoms with Crippen molar-refractivity contribution in [3.8, 4) is 0 Å². The van der Waals surface area contributed by atoms with E-state index in [4.69, 9.17) is 4.84 Å². The van der Waals surface area contributed by atoms with Gasteiger partial charge in [-0.05, 0) is 18.3 Å². The molecule has 1 heterocycles. The van der Waals surface area contributed by atoms with Crippen molar-refractivity contribution in [3.63, 3.8) is 0 Å². The summed E-state index contributed by atoms with van der Waals surface area (Å²) in [6, 6.07) is 0. The molecule has 0 aromatic rings. The Hall–Kier alpha value is -1.65. The van der Waals surface area contributed by atoms with E-state index < -0.39 is 0 Å². The summed E-state index contributed by atoms with van der Waals surface area (Å²) in [6.07, 6.45) is 6.44. The third kappa shape index (κ3) is 1.34. The predicted octanol–water partition coefficient (Wildman–Crippen LogP) is 0.0255. The third-order valence-electron chi connectivity index (χ3n) is 3.79. The van der Waals surface area contributed by atoms with E-state index in [2.05, 4.69) is 12.2 Å². The van der Waals surface area contributed by atoms with E-state index in [0.29, 0.717) is 0 Å². The van der Waals surface area contributed by atoms with Gasteiger partial charge >= 0.3 is 6.40 Å². The second-order valence-corrected chi connectivity index (χ2v) is 5.15. The zero-order valence-electron chi connectivity index (χ0n) is 9.87. The van der Waals surface area contributed by atoms with Gasteiger partial charge in [0.1, 0.15) is 14.1 Å². The van der Waals surface area contributed by atoms with Gasteiger partial charge in [0.2, 0.25) is 0 Å². The summed E-state index contributed by atoms with van der Waals surface area (Å²) in [5.41, 5.74) is 0. The zero-order chi connectivity index (χ0) is 12.2. The van der Waals surface area contributed by atoms with Gasteiger partial charge < -0.3 is 4.84 Å². The number of hydrogen-bond donors (Lipinski definition) is 0. The Kier molecular flexibility index (Phi) is 2.11. The molecule has 2 aliphatic carbocycles. The quantitative estimate of drug-likeness (QED) is 0.223. The molecule has 1 saturated carbocycles. The summed E-state index contributed by atoms with van der Waals surface area (Å²) in [5.74, 6) is -0.283. The molecule has 90 valence electrons. The van der Waals surface area contributed by atoms with Crippen molar-refractivity contribution in [2.45, 2.75) is 6.42 Å². The van der Waals surface area contributed by atoms with Gasteiger partial charge in [-0.15, -0.1) is 5.06 Å². The molecule has 17 heavy (non-hydrogen) atoms. The summed E-state index contributed by atoms with van der Waals surface area (Å²) in [6.45, 7) is 0. The van der Waals surface area contributed by atoms with Gasteiger partial charge in [-0.25, -0.2) is 4.58 Å². The smallest absolute Gasteiger partial charge is 0.312 e. The molecule has 0 N–H and O–H groups in total.